The zero-order valence-electron chi connectivity index (χ0n) is 13.0. The van der Waals surface area contributed by atoms with E-state index >= 15 is 0 Å². The van der Waals surface area contributed by atoms with Gasteiger partial charge in [-0.25, -0.2) is 4.68 Å². The molecule has 1 aromatic heterocycles. The van der Waals surface area contributed by atoms with E-state index in [-0.39, 0.29) is 0 Å². The van der Waals surface area contributed by atoms with Crippen LogP contribution in [0, 0.1) is 25.7 Å². The van der Waals surface area contributed by atoms with E-state index in [1.54, 1.807) is 0 Å². The maximum absolute atomic E-state index is 4.69. The number of hydrogen-bond donors (Lipinski definition) is 0. The number of nitrogens with zero attached hydrogens (tertiary/aromatic N) is 3. The first kappa shape index (κ1) is 14.1. The van der Waals surface area contributed by atoms with Crippen LogP contribution in [0.15, 0.2) is 48.5 Å². The Balaban J connectivity index is 2.23. The van der Waals surface area contributed by atoms with Gasteiger partial charge in [0.2, 0.25) is 5.82 Å². The Kier molecular flexibility index (Phi) is 3.76. The lowest BCUT2D eigenvalue weighted by molar-refractivity contribution is 0.853. The second-order valence-electron chi connectivity index (χ2n) is 5.15. The number of benzene rings is 2. The Bertz CT molecular complexity index is 844. The second kappa shape index (κ2) is 5.87. The van der Waals surface area contributed by atoms with Crippen LogP contribution in [0.2, 0.25) is 0 Å². The Morgan fingerprint density at radius 3 is 2.23 bits per heavy atom. The van der Waals surface area contributed by atoms with E-state index in [9.17, 15) is 0 Å². The summed E-state index contributed by atoms with van der Waals surface area (Å²) in [5.74, 6) is 7.34. The van der Waals surface area contributed by atoms with Gasteiger partial charge in [-0.3, -0.25) is 0 Å². The lowest BCUT2D eigenvalue weighted by Gasteiger charge is -2.09. The highest BCUT2D eigenvalue weighted by Gasteiger charge is 2.14. The van der Waals surface area contributed by atoms with Gasteiger partial charge in [0.1, 0.15) is 0 Å². The van der Waals surface area contributed by atoms with Gasteiger partial charge in [0.15, 0.2) is 5.82 Å². The van der Waals surface area contributed by atoms with E-state index in [0.717, 1.165) is 22.4 Å². The molecular weight excluding hydrogens is 270 g/mol. The molecule has 0 spiro atoms. The number of aromatic nitrogens is 3. The van der Waals surface area contributed by atoms with E-state index in [4.69, 9.17) is 5.10 Å². The van der Waals surface area contributed by atoms with E-state index in [1.165, 1.54) is 0 Å². The first-order valence-corrected chi connectivity index (χ1v) is 7.22. The summed E-state index contributed by atoms with van der Waals surface area (Å²) in [6.07, 6.45) is 0. The lowest BCUT2D eigenvalue weighted by Crippen LogP contribution is -2.04. The first-order chi connectivity index (χ1) is 10.7. The van der Waals surface area contributed by atoms with Gasteiger partial charge in [-0.2, -0.15) is 4.98 Å². The van der Waals surface area contributed by atoms with Crippen molar-refractivity contribution in [1.29, 1.82) is 0 Å². The van der Waals surface area contributed by atoms with Crippen LogP contribution in [0.3, 0.4) is 0 Å². The fourth-order valence-corrected chi connectivity index (χ4v) is 2.51. The predicted octanol–water partition coefficient (Wildman–Crippen LogP) is 3.92. The summed E-state index contributed by atoms with van der Waals surface area (Å²) in [5.41, 5.74) is 4.36. The normalized spacial score (nSPS) is 10.1. The quantitative estimate of drug-likeness (QED) is 0.669. The van der Waals surface area contributed by atoms with Gasteiger partial charge in [-0.05, 0) is 37.8 Å². The van der Waals surface area contributed by atoms with Gasteiger partial charge in [-0.1, -0.05) is 54.5 Å². The fraction of sp³-hybridized carbons (Fsp3) is 0.158. The second-order valence-corrected chi connectivity index (χ2v) is 5.15. The Labute approximate surface area is 130 Å². The highest BCUT2D eigenvalue weighted by Crippen LogP contribution is 2.22. The van der Waals surface area contributed by atoms with Crippen molar-refractivity contribution < 1.29 is 0 Å². The Morgan fingerprint density at radius 1 is 0.909 bits per heavy atom. The highest BCUT2D eigenvalue weighted by molar-refractivity contribution is 5.57. The minimum absolute atomic E-state index is 0.666. The van der Waals surface area contributed by atoms with Crippen molar-refractivity contribution in [3.05, 3.63) is 65.5 Å². The largest absolute Gasteiger partial charge is 0.208 e. The molecule has 0 atom stereocenters. The molecule has 0 N–H and O–H groups in total. The van der Waals surface area contributed by atoms with Crippen molar-refractivity contribution >= 4 is 0 Å². The Morgan fingerprint density at radius 2 is 1.59 bits per heavy atom. The minimum atomic E-state index is 0.666. The monoisotopic (exact) mass is 287 g/mol. The third-order valence-electron chi connectivity index (χ3n) is 3.53. The summed E-state index contributed by atoms with van der Waals surface area (Å²) < 4.78 is 1.85. The molecule has 0 bridgehead atoms. The van der Waals surface area contributed by atoms with Crippen molar-refractivity contribution in [3.63, 3.8) is 0 Å². The molecule has 2 aromatic carbocycles. The molecule has 3 rings (SSSR count). The van der Waals surface area contributed by atoms with Crippen molar-refractivity contribution in [3.8, 4) is 28.9 Å². The van der Waals surface area contributed by atoms with Gasteiger partial charge < -0.3 is 0 Å². The SMILES string of the molecule is CC#Cc1nc(-c2ccccc2)nn1-c1c(C)cccc1C. The molecule has 0 fully saturated rings. The van der Waals surface area contributed by atoms with E-state index in [0.29, 0.717) is 11.6 Å². The molecule has 0 saturated heterocycles. The van der Waals surface area contributed by atoms with E-state index < -0.39 is 0 Å². The molecule has 0 radical (unpaired) electrons. The van der Waals surface area contributed by atoms with Gasteiger partial charge in [-0.15, -0.1) is 5.10 Å². The minimum Gasteiger partial charge on any atom is -0.205 e. The average molecular weight is 287 g/mol. The van der Waals surface area contributed by atoms with Gasteiger partial charge in [0, 0.05) is 5.56 Å². The summed E-state index contributed by atoms with van der Waals surface area (Å²) in [4.78, 5) is 4.61. The number of para-hydroxylation sites is 1. The highest BCUT2D eigenvalue weighted by atomic mass is 15.4. The van der Waals surface area contributed by atoms with Crippen LogP contribution in [0.4, 0.5) is 0 Å². The maximum Gasteiger partial charge on any atom is 0.208 e. The van der Waals surface area contributed by atoms with Crippen LogP contribution in [-0.4, -0.2) is 14.8 Å². The van der Waals surface area contributed by atoms with Gasteiger partial charge in [0.05, 0.1) is 5.69 Å². The molecule has 3 heteroatoms. The zero-order valence-corrected chi connectivity index (χ0v) is 13.0. The van der Waals surface area contributed by atoms with Crippen LogP contribution in [0.5, 0.6) is 0 Å². The number of hydrogen-bond acceptors (Lipinski definition) is 2. The lowest BCUT2D eigenvalue weighted by atomic mass is 10.1. The van der Waals surface area contributed by atoms with E-state index in [2.05, 4.69) is 42.8 Å². The van der Waals surface area contributed by atoms with Crippen molar-refractivity contribution in [2.75, 3.05) is 0 Å². The number of rotatable bonds is 2. The van der Waals surface area contributed by atoms with Crippen LogP contribution in [0.1, 0.15) is 23.9 Å². The van der Waals surface area contributed by atoms with Crippen LogP contribution in [-0.2, 0) is 0 Å². The molecule has 0 aliphatic rings. The molecule has 22 heavy (non-hydrogen) atoms. The summed E-state index contributed by atoms with van der Waals surface area (Å²) in [6, 6.07) is 16.2. The van der Waals surface area contributed by atoms with E-state index in [1.807, 2.05) is 48.0 Å². The summed E-state index contributed by atoms with van der Waals surface area (Å²) in [7, 11) is 0. The van der Waals surface area contributed by atoms with Crippen LogP contribution in [0.25, 0.3) is 17.1 Å². The molecule has 3 aromatic rings. The molecule has 0 aliphatic carbocycles. The van der Waals surface area contributed by atoms with Gasteiger partial charge >= 0.3 is 0 Å². The summed E-state index contributed by atoms with van der Waals surface area (Å²) in [6.45, 7) is 5.97. The molecule has 1 heterocycles. The molecule has 108 valence electrons. The molecule has 0 amide bonds. The first-order valence-electron chi connectivity index (χ1n) is 7.22. The maximum atomic E-state index is 4.69. The number of aryl methyl sites for hydroxylation is 2. The molecule has 3 nitrogen and oxygen atoms in total. The van der Waals surface area contributed by atoms with Crippen molar-refractivity contribution in [1.82, 2.24) is 14.8 Å². The molecular formula is C19H17N3. The van der Waals surface area contributed by atoms with Crippen molar-refractivity contribution in [2.24, 2.45) is 0 Å². The third kappa shape index (κ3) is 2.51. The Hall–Kier alpha value is -2.86. The molecule has 0 saturated carbocycles. The van der Waals surface area contributed by atoms with Crippen LogP contribution >= 0.6 is 0 Å². The average Bonchev–Trinajstić information content (AvgIpc) is 2.92. The topological polar surface area (TPSA) is 30.7 Å². The summed E-state index contributed by atoms with van der Waals surface area (Å²) in [5, 5.41) is 4.69. The zero-order chi connectivity index (χ0) is 15.5. The third-order valence-corrected chi connectivity index (χ3v) is 3.53. The van der Waals surface area contributed by atoms with Gasteiger partial charge in [0.25, 0.3) is 0 Å². The molecule has 0 unspecified atom stereocenters. The van der Waals surface area contributed by atoms with Crippen LogP contribution < -0.4 is 0 Å². The van der Waals surface area contributed by atoms with Crippen molar-refractivity contribution in [2.45, 2.75) is 20.8 Å². The molecule has 0 aliphatic heterocycles. The standard InChI is InChI=1S/C19H17N3/c1-4-9-17-20-19(16-12-6-5-7-13-16)21-22(17)18-14(2)10-8-11-15(18)3/h5-8,10-13H,1-3H3. The predicted molar refractivity (Wildman–Crippen MR) is 88.8 cm³/mol. The fourth-order valence-electron chi connectivity index (χ4n) is 2.51. The summed E-state index contributed by atoms with van der Waals surface area (Å²) >= 11 is 0. The smallest absolute Gasteiger partial charge is 0.205 e.